The van der Waals surface area contributed by atoms with Crippen LogP contribution in [0.15, 0.2) is 24.7 Å². The highest BCUT2D eigenvalue weighted by atomic mass is 19.3. The van der Waals surface area contributed by atoms with Gasteiger partial charge in [0, 0.05) is 17.9 Å². The van der Waals surface area contributed by atoms with E-state index in [1.165, 1.54) is 12.4 Å². The average Bonchev–Trinajstić information content (AvgIpc) is 3.04. The van der Waals surface area contributed by atoms with E-state index in [2.05, 4.69) is 15.7 Å². The van der Waals surface area contributed by atoms with Gasteiger partial charge in [0.25, 0.3) is 6.43 Å². The maximum atomic E-state index is 12.3. The van der Waals surface area contributed by atoms with Crippen LogP contribution in [0.1, 0.15) is 26.3 Å². The van der Waals surface area contributed by atoms with E-state index >= 15 is 0 Å². The van der Waals surface area contributed by atoms with E-state index in [1.807, 2.05) is 26.8 Å². The van der Waals surface area contributed by atoms with Crippen molar-refractivity contribution in [3.05, 3.63) is 30.2 Å². The summed E-state index contributed by atoms with van der Waals surface area (Å²) in [5, 5.41) is 17.9. The number of carbonyl (C=O) groups excluding carboxylic acids is 1. The second kappa shape index (κ2) is 6.70. The predicted octanol–water partition coefficient (Wildman–Crippen LogP) is 3.22. The van der Waals surface area contributed by atoms with Gasteiger partial charge in [-0.1, -0.05) is 0 Å². The molecule has 9 heteroatoms. The maximum Gasteiger partial charge on any atom is 0.324 e. The lowest BCUT2D eigenvalue weighted by atomic mass is 10.1. The van der Waals surface area contributed by atoms with Crippen molar-refractivity contribution in [2.45, 2.75) is 39.3 Å². The Balaban J connectivity index is 2.09. The number of amides is 2. The molecule has 0 atom stereocenters. The van der Waals surface area contributed by atoms with Gasteiger partial charge in [-0.15, -0.1) is 0 Å². The summed E-state index contributed by atoms with van der Waals surface area (Å²) in [5.74, 6) is 0.455. The number of hydrogen-bond acceptors (Lipinski definition) is 3. The third-order valence-corrected chi connectivity index (χ3v) is 3.13. The third-order valence-electron chi connectivity index (χ3n) is 3.13. The van der Waals surface area contributed by atoms with Crippen LogP contribution in [0.3, 0.4) is 0 Å². The highest BCUT2D eigenvalue weighted by Crippen LogP contribution is 2.24. The van der Waals surface area contributed by atoms with Crippen LogP contribution in [0.5, 0.6) is 0 Å². The van der Waals surface area contributed by atoms with Gasteiger partial charge in [-0.25, -0.2) is 13.6 Å². The molecule has 0 aliphatic carbocycles. The molecule has 128 valence electrons. The first-order chi connectivity index (χ1) is 11.2. The SMILES string of the molecule is CC(C)(C)n1cc(C#N)cc1NC(=O)Nc1cnn(CC(F)F)c1. The Morgan fingerprint density at radius 3 is 2.67 bits per heavy atom. The summed E-state index contributed by atoms with van der Waals surface area (Å²) in [6.45, 7) is 5.27. The van der Waals surface area contributed by atoms with Crippen LogP contribution in [0.25, 0.3) is 0 Å². The molecule has 2 rings (SSSR count). The van der Waals surface area contributed by atoms with Gasteiger partial charge < -0.3 is 9.88 Å². The Morgan fingerprint density at radius 2 is 2.08 bits per heavy atom. The van der Waals surface area contributed by atoms with Crippen molar-refractivity contribution in [1.29, 1.82) is 5.26 Å². The van der Waals surface area contributed by atoms with Crippen LogP contribution in [-0.4, -0.2) is 26.8 Å². The molecule has 0 aliphatic heterocycles. The van der Waals surface area contributed by atoms with Gasteiger partial charge in [0.2, 0.25) is 0 Å². The maximum absolute atomic E-state index is 12.3. The van der Waals surface area contributed by atoms with Gasteiger partial charge in [-0.3, -0.25) is 10.00 Å². The molecular weight excluding hydrogens is 318 g/mol. The minimum absolute atomic E-state index is 0.294. The monoisotopic (exact) mass is 336 g/mol. The molecule has 7 nitrogen and oxygen atoms in total. The molecule has 0 aliphatic rings. The van der Waals surface area contributed by atoms with Gasteiger partial charge in [0.1, 0.15) is 18.4 Å². The zero-order valence-electron chi connectivity index (χ0n) is 13.5. The number of carbonyl (C=O) groups is 1. The summed E-state index contributed by atoms with van der Waals surface area (Å²) >= 11 is 0. The van der Waals surface area contributed by atoms with Crippen molar-refractivity contribution in [3.63, 3.8) is 0 Å². The Bertz CT molecular complexity index is 766. The van der Waals surface area contributed by atoms with Crippen molar-refractivity contribution in [1.82, 2.24) is 14.3 Å². The van der Waals surface area contributed by atoms with Crippen molar-refractivity contribution in [2.24, 2.45) is 0 Å². The summed E-state index contributed by atoms with van der Waals surface area (Å²) in [7, 11) is 0. The van der Waals surface area contributed by atoms with E-state index in [-0.39, 0.29) is 5.54 Å². The molecule has 2 aromatic heterocycles. The van der Waals surface area contributed by atoms with Gasteiger partial charge >= 0.3 is 6.03 Å². The normalized spacial score (nSPS) is 11.4. The minimum Gasteiger partial charge on any atom is -0.328 e. The number of urea groups is 1. The highest BCUT2D eigenvalue weighted by molar-refractivity contribution is 5.99. The van der Waals surface area contributed by atoms with Crippen LogP contribution >= 0.6 is 0 Å². The number of nitrogens with one attached hydrogen (secondary N) is 2. The number of hydrogen-bond donors (Lipinski definition) is 2. The molecule has 24 heavy (non-hydrogen) atoms. The number of rotatable bonds is 4. The molecule has 0 radical (unpaired) electrons. The standard InChI is InChI=1S/C15H18F2N6O/c1-15(2,3)23-7-10(5-18)4-13(23)21-14(24)20-11-6-19-22(8-11)9-12(16)17/h4,6-8,12H,9H2,1-3H3,(H2,20,21,24). The quantitative estimate of drug-likeness (QED) is 0.898. The molecule has 0 unspecified atom stereocenters. The Labute approximate surface area is 137 Å². The molecule has 0 fully saturated rings. The number of anilines is 2. The Hall–Kier alpha value is -2.89. The number of nitriles is 1. The van der Waals surface area contributed by atoms with Gasteiger partial charge in [0.05, 0.1) is 17.4 Å². The molecule has 2 aromatic rings. The molecule has 0 saturated carbocycles. The molecule has 0 saturated heterocycles. The van der Waals surface area contributed by atoms with Crippen molar-refractivity contribution >= 4 is 17.5 Å². The van der Waals surface area contributed by atoms with E-state index in [4.69, 9.17) is 5.26 Å². The molecule has 2 heterocycles. The summed E-state index contributed by atoms with van der Waals surface area (Å²) in [6, 6.07) is 3.03. The lowest BCUT2D eigenvalue weighted by Gasteiger charge is -2.24. The Morgan fingerprint density at radius 1 is 1.38 bits per heavy atom. The van der Waals surface area contributed by atoms with Crippen molar-refractivity contribution < 1.29 is 13.6 Å². The lowest BCUT2D eigenvalue weighted by molar-refractivity contribution is 0.122. The first-order valence-electron chi connectivity index (χ1n) is 7.20. The largest absolute Gasteiger partial charge is 0.328 e. The predicted molar refractivity (Wildman–Crippen MR) is 85.0 cm³/mol. The molecule has 0 aromatic carbocycles. The molecule has 2 N–H and O–H groups in total. The minimum atomic E-state index is -2.52. The Kier molecular flexibility index (Phi) is 4.87. The van der Waals surface area contributed by atoms with E-state index in [0.717, 1.165) is 4.68 Å². The van der Waals surface area contributed by atoms with Gasteiger partial charge in [0.15, 0.2) is 0 Å². The number of halogens is 2. The fourth-order valence-electron chi connectivity index (χ4n) is 2.12. The lowest BCUT2D eigenvalue weighted by Crippen LogP contribution is -2.26. The molecule has 0 spiro atoms. The van der Waals surface area contributed by atoms with Crippen molar-refractivity contribution in [2.75, 3.05) is 10.6 Å². The average molecular weight is 336 g/mol. The fraction of sp³-hybridized carbons (Fsp3) is 0.400. The zero-order chi connectivity index (χ0) is 17.9. The topological polar surface area (TPSA) is 87.7 Å². The first kappa shape index (κ1) is 17.5. The first-order valence-corrected chi connectivity index (χ1v) is 7.20. The van der Waals surface area contributed by atoms with E-state index in [1.54, 1.807) is 16.8 Å². The summed E-state index contributed by atoms with van der Waals surface area (Å²) < 4.78 is 27.4. The summed E-state index contributed by atoms with van der Waals surface area (Å²) in [4.78, 5) is 12.1. The van der Waals surface area contributed by atoms with Crippen LogP contribution in [-0.2, 0) is 12.1 Å². The van der Waals surface area contributed by atoms with E-state index in [9.17, 15) is 13.6 Å². The number of nitrogens with zero attached hydrogens (tertiary/aromatic N) is 4. The van der Waals surface area contributed by atoms with Crippen LogP contribution in [0, 0.1) is 11.3 Å². The number of aromatic nitrogens is 3. The molecule has 2 amide bonds. The summed E-state index contributed by atoms with van der Waals surface area (Å²) in [6.07, 6.45) is 1.72. The van der Waals surface area contributed by atoms with Gasteiger partial charge in [-0.05, 0) is 26.8 Å². The second-order valence-electron chi connectivity index (χ2n) is 6.19. The van der Waals surface area contributed by atoms with Gasteiger partial charge in [-0.2, -0.15) is 10.4 Å². The van der Waals surface area contributed by atoms with E-state index < -0.39 is 19.0 Å². The molecule has 0 bridgehead atoms. The van der Waals surface area contributed by atoms with Crippen LogP contribution in [0.4, 0.5) is 25.1 Å². The van der Waals surface area contributed by atoms with Crippen molar-refractivity contribution in [3.8, 4) is 6.07 Å². The third kappa shape index (κ3) is 4.32. The van der Waals surface area contributed by atoms with E-state index in [0.29, 0.717) is 17.1 Å². The smallest absolute Gasteiger partial charge is 0.324 e. The zero-order valence-corrected chi connectivity index (χ0v) is 13.5. The summed E-state index contributed by atoms with van der Waals surface area (Å²) in [5.41, 5.74) is 0.382. The number of alkyl halides is 2. The molecular formula is C15H18F2N6O. The second-order valence-corrected chi connectivity index (χ2v) is 6.19. The highest BCUT2D eigenvalue weighted by Gasteiger charge is 2.19. The van der Waals surface area contributed by atoms with Crippen LogP contribution in [0.2, 0.25) is 0 Å². The fourth-order valence-corrected chi connectivity index (χ4v) is 2.12. The van der Waals surface area contributed by atoms with Crippen LogP contribution < -0.4 is 10.6 Å².